The van der Waals surface area contributed by atoms with Gasteiger partial charge in [0.15, 0.2) is 11.5 Å². The van der Waals surface area contributed by atoms with Crippen molar-refractivity contribution in [2.24, 2.45) is 0 Å². The van der Waals surface area contributed by atoms with Crippen molar-refractivity contribution in [1.82, 2.24) is 15.5 Å². The fourth-order valence-electron chi connectivity index (χ4n) is 2.35. The summed E-state index contributed by atoms with van der Waals surface area (Å²) in [4.78, 5) is 11.8. The highest BCUT2D eigenvalue weighted by atomic mass is 16.6. The summed E-state index contributed by atoms with van der Waals surface area (Å²) in [5.41, 5.74) is 1.12. The van der Waals surface area contributed by atoms with Crippen LogP contribution in [0.25, 0.3) is 0 Å². The number of hydrogen-bond donors (Lipinski definition) is 2. The van der Waals surface area contributed by atoms with Gasteiger partial charge < -0.3 is 14.8 Å². The Hall–Kier alpha value is -2.50. The molecule has 1 aromatic carbocycles. The van der Waals surface area contributed by atoms with Crippen molar-refractivity contribution in [3.63, 3.8) is 0 Å². The maximum atomic E-state index is 11.8. The highest BCUT2D eigenvalue weighted by molar-refractivity contribution is 5.75. The zero-order valence-electron chi connectivity index (χ0n) is 12.2. The smallest absolute Gasteiger partial charge is 0.220 e. The van der Waals surface area contributed by atoms with Gasteiger partial charge in [0.1, 0.15) is 12.7 Å². The summed E-state index contributed by atoms with van der Waals surface area (Å²) in [6, 6.07) is 7.55. The van der Waals surface area contributed by atoms with Crippen molar-refractivity contribution < 1.29 is 14.3 Å². The Morgan fingerprint density at radius 2 is 2.23 bits per heavy atom. The van der Waals surface area contributed by atoms with Gasteiger partial charge in [-0.15, -0.1) is 0 Å². The van der Waals surface area contributed by atoms with Crippen molar-refractivity contribution >= 4 is 5.91 Å². The number of fused-ring (bicyclic) bond motifs is 1. The number of nitrogens with one attached hydrogen (secondary N) is 2. The number of hydrogen-bond acceptors (Lipinski definition) is 4. The molecule has 0 bridgehead atoms. The predicted octanol–water partition coefficient (Wildman–Crippen LogP) is 1.69. The number of para-hydroxylation sites is 2. The van der Waals surface area contributed by atoms with E-state index < -0.39 is 0 Å². The number of benzene rings is 1. The Morgan fingerprint density at radius 1 is 1.36 bits per heavy atom. The molecule has 22 heavy (non-hydrogen) atoms. The molecule has 2 N–H and O–H groups in total. The molecule has 0 aliphatic carbocycles. The first kappa shape index (κ1) is 14.4. The maximum absolute atomic E-state index is 11.8. The lowest BCUT2D eigenvalue weighted by atomic mass is 10.1. The van der Waals surface area contributed by atoms with Gasteiger partial charge in [0.05, 0.1) is 12.7 Å². The zero-order chi connectivity index (χ0) is 15.2. The molecule has 0 fully saturated rings. The van der Waals surface area contributed by atoms with E-state index in [2.05, 4.69) is 15.5 Å². The van der Waals surface area contributed by atoms with Gasteiger partial charge in [-0.1, -0.05) is 12.1 Å². The van der Waals surface area contributed by atoms with Crippen molar-refractivity contribution in [1.29, 1.82) is 0 Å². The largest absolute Gasteiger partial charge is 0.486 e. The monoisotopic (exact) mass is 301 g/mol. The van der Waals surface area contributed by atoms with Crippen LogP contribution in [-0.2, 0) is 11.2 Å². The number of carbonyl (C=O) groups excluding carboxylic acids is 1. The molecule has 1 aliphatic heterocycles. The summed E-state index contributed by atoms with van der Waals surface area (Å²) in [7, 11) is 0. The van der Waals surface area contributed by atoms with Crippen LogP contribution in [0.3, 0.4) is 0 Å². The van der Waals surface area contributed by atoms with E-state index >= 15 is 0 Å². The van der Waals surface area contributed by atoms with Crippen molar-refractivity contribution in [2.45, 2.75) is 25.4 Å². The summed E-state index contributed by atoms with van der Waals surface area (Å²) in [6.45, 7) is 0.908. The molecule has 1 amide bonds. The van der Waals surface area contributed by atoms with E-state index in [4.69, 9.17) is 9.47 Å². The Balaban J connectivity index is 1.37. The van der Waals surface area contributed by atoms with E-state index in [1.54, 1.807) is 6.20 Å². The number of ether oxygens (including phenoxy) is 2. The molecule has 2 aromatic rings. The fourth-order valence-corrected chi connectivity index (χ4v) is 2.35. The third-order valence-corrected chi connectivity index (χ3v) is 3.52. The van der Waals surface area contributed by atoms with Crippen LogP contribution in [0.1, 0.15) is 18.4 Å². The Labute approximate surface area is 128 Å². The summed E-state index contributed by atoms with van der Waals surface area (Å²) in [5.74, 6) is 1.52. The SMILES string of the molecule is O=C(CCCc1cn[nH]c1)NC[C@@H]1COc2ccccc2O1. The second-order valence-corrected chi connectivity index (χ2v) is 5.26. The third kappa shape index (κ3) is 3.78. The first-order valence-electron chi connectivity index (χ1n) is 7.44. The minimum absolute atomic E-state index is 0.0333. The number of aryl methyl sites for hydroxylation is 1. The van der Waals surface area contributed by atoms with Crippen LogP contribution in [0.15, 0.2) is 36.7 Å². The van der Waals surface area contributed by atoms with Crippen LogP contribution in [0, 0.1) is 0 Å². The number of amides is 1. The molecule has 0 radical (unpaired) electrons. The van der Waals surface area contributed by atoms with E-state index in [0.717, 1.165) is 29.9 Å². The lowest BCUT2D eigenvalue weighted by Gasteiger charge is -2.26. The topological polar surface area (TPSA) is 76.2 Å². The van der Waals surface area contributed by atoms with E-state index in [-0.39, 0.29) is 12.0 Å². The van der Waals surface area contributed by atoms with Gasteiger partial charge in [-0.2, -0.15) is 5.10 Å². The number of aromatic amines is 1. The molecule has 1 aromatic heterocycles. The van der Waals surface area contributed by atoms with Crippen LogP contribution < -0.4 is 14.8 Å². The van der Waals surface area contributed by atoms with Crippen LogP contribution in [0.4, 0.5) is 0 Å². The molecule has 6 nitrogen and oxygen atoms in total. The molecule has 6 heteroatoms. The van der Waals surface area contributed by atoms with Gasteiger partial charge in [0.2, 0.25) is 5.91 Å². The van der Waals surface area contributed by atoms with Gasteiger partial charge in [0, 0.05) is 12.6 Å². The van der Waals surface area contributed by atoms with Gasteiger partial charge >= 0.3 is 0 Å². The Bertz CT molecular complexity index is 613. The van der Waals surface area contributed by atoms with Crippen molar-refractivity contribution in [3.05, 3.63) is 42.2 Å². The van der Waals surface area contributed by atoms with Crippen LogP contribution in [-0.4, -0.2) is 35.4 Å². The van der Waals surface area contributed by atoms with Crippen LogP contribution in [0.5, 0.6) is 11.5 Å². The maximum Gasteiger partial charge on any atom is 0.220 e. The Kier molecular flexibility index (Phi) is 4.58. The molecule has 0 saturated carbocycles. The predicted molar refractivity (Wildman–Crippen MR) is 80.9 cm³/mol. The average molecular weight is 301 g/mol. The van der Waals surface area contributed by atoms with Crippen LogP contribution >= 0.6 is 0 Å². The minimum Gasteiger partial charge on any atom is -0.486 e. The van der Waals surface area contributed by atoms with Gasteiger partial charge in [0.25, 0.3) is 0 Å². The number of rotatable bonds is 6. The summed E-state index contributed by atoms with van der Waals surface area (Å²) in [6.07, 6.45) is 5.63. The first-order valence-corrected chi connectivity index (χ1v) is 7.44. The molecule has 0 unspecified atom stereocenters. The first-order chi connectivity index (χ1) is 10.8. The van der Waals surface area contributed by atoms with E-state index in [9.17, 15) is 4.79 Å². The van der Waals surface area contributed by atoms with Gasteiger partial charge in [-0.05, 0) is 30.5 Å². The summed E-state index contributed by atoms with van der Waals surface area (Å²) in [5, 5.41) is 9.54. The quantitative estimate of drug-likeness (QED) is 0.851. The molecule has 1 aliphatic rings. The number of carbonyl (C=O) groups is 1. The van der Waals surface area contributed by atoms with E-state index in [1.807, 2.05) is 30.5 Å². The summed E-state index contributed by atoms with van der Waals surface area (Å²) < 4.78 is 11.4. The summed E-state index contributed by atoms with van der Waals surface area (Å²) >= 11 is 0. The van der Waals surface area contributed by atoms with Crippen LogP contribution in [0.2, 0.25) is 0 Å². The Morgan fingerprint density at radius 3 is 3.05 bits per heavy atom. The number of aromatic nitrogens is 2. The molecule has 3 rings (SSSR count). The molecule has 0 spiro atoms. The second-order valence-electron chi connectivity index (χ2n) is 5.26. The lowest BCUT2D eigenvalue weighted by molar-refractivity contribution is -0.121. The number of H-pyrrole nitrogens is 1. The van der Waals surface area contributed by atoms with Gasteiger partial charge in [-0.25, -0.2) is 0 Å². The van der Waals surface area contributed by atoms with Crippen molar-refractivity contribution in [2.75, 3.05) is 13.2 Å². The third-order valence-electron chi connectivity index (χ3n) is 3.52. The van der Waals surface area contributed by atoms with E-state index in [1.165, 1.54) is 0 Å². The second kappa shape index (κ2) is 6.98. The zero-order valence-corrected chi connectivity index (χ0v) is 12.2. The molecule has 0 saturated heterocycles. The van der Waals surface area contributed by atoms with Crippen molar-refractivity contribution in [3.8, 4) is 11.5 Å². The lowest BCUT2D eigenvalue weighted by Crippen LogP contribution is -2.40. The van der Waals surface area contributed by atoms with Gasteiger partial charge in [-0.3, -0.25) is 9.89 Å². The average Bonchev–Trinajstić information content (AvgIpc) is 3.06. The molecular formula is C16H19N3O3. The standard InChI is InChI=1S/C16H19N3O3/c20-16(7-3-4-12-8-18-19-9-12)17-10-13-11-21-14-5-1-2-6-15(14)22-13/h1-2,5-6,8-9,13H,3-4,7,10-11H2,(H,17,20)(H,18,19)/t13-/m1/s1. The molecule has 2 heterocycles. The highest BCUT2D eigenvalue weighted by Gasteiger charge is 2.20. The van der Waals surface area contributed by atoms with E-state index in [0.29, 0.717) is 19.6 Å². The fraction of sp³-hybridized carbons (Fsp3) is 0.375. The normalized spacial score (nSPS) is 16.3. The minimum atomic E-state index is -0.146. The molecule has 1 atom stereocenters. The number of nitrogens with zero attached hydrogens (tertiary/aromatic N) is 1. The molecular weight excluding hydrogens is 282 g/mol. The molecule has 116 valence electrons. The highest BCUT2D eigenvalue weighted by Crippen LogP contribution is 2.30.